The number of allylic oxidation sites excluding steroid dienone is 2. The monoisotopic (exact) mass is 354 g/mol. The Morgan fingerprint density at radius 2 is 1.18 bits per heavy atom. The molecule has 4 aromatic rings. The number of hydrogen-bond donors (Lipinski definition) is 0. The van der Waals surface area contributed by atoms with Crippen LogP contribution in [0.5, 0.6) is 0 Å². The highest BCUT2D eigenvalue weighted by Crippen LogP contribution is 2.24. The van der Waals surface area contributed by atoms with Crippen molar-refractivity contribution in [3.63, 3.8) is 0 Å². The normalized spacial score (nSPS) is 10.5. The van der Waals surface area contributed by atoms with Crippen molar-refractivity contribution < 1.29 is 0 Å². The van der Waals surface area contributed by atoms with E-state index in [0.717, 1.165) is 22.3 Å². The van der Waals surface area contributed by atoms with Gasteiger partial charge in [0.15, 0.2) is 0 Å². The van der Waals surface area contributed by atoms with Crippen molar-refractivity contribution in [1.29, 1.82) is 0 Å². The molecule has 0 N–H and O–H groups in total. The molecule has 0 atom stereocenters. The van der Waals surface area contributed by atoms with Gasteiger partial charge in [0.2, 0.25) is 0 Å². The summed E-state index contributed by atoms with van der Waals surface area (Å²) in [5.41, 5.74) is 4.00. The topological polar surface area (TPSA) is 0 Å². The molecule has 0 spiro atoms. The van der Waals surface area contributed by atoms with Gasteiger partial charge < -0.3 is 0 Å². The van der Waals surface area contributed by atoms with Crippen LogP contribution in [0, 0.1) is 23.7 Å². The first kappa shape index (κ1) is 17.4. The fraction of sp³-hybridized carbons (Fsp3) is 0. The van der Waals surface area contributed by atoms with Gasteiger partial charge in [0.05, 0.1) is 0 Å². The van der Waals surface area contributed by atoms with Crippen molar-refractivity contribution >= 4 is 16.3 Å². The minimum absolute atomic E-state index is 0.920. The summed E-state index contributed by atoms with van der Waals surface area (Å²) in [6, 6.07) is 34.7. The third-order valence-electron chi connectivity index (χ3n) is 4.40. The van der Waals surface area contributed by atoms with Gasteiger partial charge in [-0.05, 0) is 40.6 Å². The first-order valence-electron chi connectivity index (χ1n) is 9.22. The second-order valence-corrected chi connectivity index (χ2v) is 6.34. The molecule has 0 aliphatic rings. The van der Waals surface area contributed by atoms with Crippen LogP contribution in [0.2, 0.25) is 0 Å². The molecule has 0 aromatic heterocycles. The van der Waals surface area contributed by atoms with E-state index in [1.807, 2.05) is 66.7 Å². The molecule has 0 aliphatic carbocycles. The van der Waals surface area contributed by atoms with E-state index in [2.05, 4.69) is 66.1 Å². The van der Waals surface area contributed by atoms with Crippen molar-refractivity contribution in [3.05, 3.63) is 126 Å². The Bertz CT molecular complexity index is 1230. The lowest BCUT2D eigenvalue weighted by molar-refractivity contribution is 1.64. The van der Waals surface area contributed by atoms with E-state index in [1.54, 1.807) is 0 Å². The van der Waals surface area contributed by atoms with E-state index < -0.39 is 0 Å². The van der Waals surface area contributed by atoms with Crippen LogP contribution in [-0.4, -0.2) is 0 Å². The van der Waals surface area contributed by atoms with Crippen LogP contribution in [-0.2, 0) is 0 Å². The van der Waals surface area contributed by atoms with Crippen molar-refractivity contribution in [2.75, 3.05) is 0 Å². The standard InChI is InChI=1S/C28H18/c1-3-11-23(12-4-1)15-9-17-26(22-21-24-13-5-2-6-14-24)28-20-10-18-25-16-7-8-19-27(25)28/h1-8,10-14,16-20H/b26-17-. The van der Waals surface area contributed by atoms with Gasteiger partial charge in [0, 0.05) is 22.8 Å². The summed E-state index contributed by atoms with van der Waals surface area (Å²) in [5, 5.41) is 2.38. The van der Waals surface area contributed by atoms with Gasteiger partial charge in [-0.1, -0.05) is 103 Å². The van der Waals surface area contributed by atoms with Crippen LogP contribution < -0.4 is 0 Å². The molecular weight excluding hydrogens is 336 g/mol. The Labute approximate surface area is 166 Å². The van der Waals surface area contributed by atoms with Gasteiger partial charge >= 0.3 is 0 Å². The highest BCUT2D eigenvalue weighted by Gasteiger charge is 2.03. The highest BCUT2D eigenvalue weighted by atomic mass is 14.1. The SMILES string of the molecule is C(#Cc1ccccc1)/C=C(/C#Cc1ccccc1)c1cccc2ccccc12. The molecular formula is C28H18. The molecule has 0 fully saturated rings. The van der Waals surface area contributed by atoms with E-state index in [0.29, 0.717) is 0 Å². The Morgan fingerprint density at radius 3 is 1.93 bits per heavy atom. The summed E-state index contributed by atoms with van der Waals surface area (Å²) in [7, 11) is 0. The Morgan fingerprint density at radius 1 is 0.571 bits per heavy atom. The molecule has 0 bridgehead atoms. The maximum absolute atomic E-state index is 3.34. The third kappa shape index (κ3) is 4.21. The zero-order chi connectivity index (χ0) is 19.0. The smallest absolute Gasteiger partial charge is 0.0411 e. The second kappa shape index (κ2) is 8.59. The molecule has 0 radical (unpaired) electrons. The Kier molecular flexibility index (Phi) is 5.34. The molecule has 0 heterocycles. The lowest BCUT2D eigenvalue weighted by Crippen LogP contribution is -1.85. The van der Waals surface area contributed by atoms with E-state index in [1.165, 1.54) is 10.8 Å². The van der Waals surface area contributed by atoms with E-state index in [4.69, 9.17) is 0 Å². The number of rotatable bonds is 1. The molecule has 0 nitrogen and oxygen atoms in total. The van der Waals surface area contributed by atoms with Crippen LogP contribution >= 0.6 is 0 Å². The molecule has 4 aromatic carbocycles. The predicted molar refractivity (Wildman–Crippen MR) is 119 cm³/mol. The lowest BCUT2D eigenvalue weighted by Gasteiger charge is -2.05. The predicted octanol–water partition coefficient (Wildman–Crippen LogP) is 6.33. The van der Waals surface area contributed by atoms with Gasteiger partial charge in [-0.25, -0.2) is 0 Å². The van der Waals surface area contributed by atoms with Crippen LogP contribution in [0.1, 0.15) is 16.7 Å². The summed E-state index contributed by atoms with van der Waals surface area (Å²) >= 11 is 0. The van der Waals surface area contributed by atoms with Gasteiger partial charge in [-0.15, -0.1) is 0 Å². The largest absolute Gasteiger partial charge is 0.0683 e. The fourth-order valence-electron chi connectivity index (χ4n) is 3.02. The third-order valence-corrected chi connectivity index (χ3v) is 4.40. The van der Waals surface area contributed by atoms with Gasteiger partial charge in [0.25, 0.3) is 0 Å². The van der Waals surface area contributed by atoms with E-state index in [-0.39, 0.29) is 0 Å². The Hall–Kier alpha value is -4.00. The number of hydrogen-bond acceptors (Lipinski definition) is 0. The molecule has 0 unspecified atom stereocenters. The summed E-state index contributed by atoms with van der Waals surface area (Å²) in [6.45, 7) is 0. The maximum Gasteiger partial charge on any atom is 0.0411 e. The van der Waals surface area contributed by atoms with Crippen LogP contribution in [0.3, 0.4) is 0 Å². The molecule has 0 saturated heterocycles. The molecule has 0 amide bonds. The zero-order valence-electron chi connectivity index (χ0n) is 15.4. The summed E-state index contributed by atoms with van der Waals surface area (Å²) in [6.07, 6.45) is 1.92. The van der Waals surface area contributed by atoms with Crippen molar-refractivity contribution in [2.24, 2.45) is 0 Å². The number of benzene rings is 4. The Balaban J connectivity index is 1.81. The first-order chi connectivity index (χ1) is 13.9. The molecule has 4 rings (SSSR count). The molecule has 0 saturated carbocycles. The quantitative estimate of drug-likeness (QED) is 0.351. The van der Waals surface area contributed by atoms with Crippen molar-refractivity contribution in [2.45, 2.75) is 0 Å². The average Bonchev–Trinajstić information content (AvgIpc) is 2.77. The zero-order valence-corrected chi connectivity index (χ0v) is 15.4. The average molecular weight is 354 g/mol. The van der Waals surface area contributed by atoms with E-state index >= 15 is 0 Å². The minimum Gasteiger partial charge on any atom is -0.0683 e. The van der Waals surface area contributed by atoms with Crippen LogP contribution in [0.15, 0.2) is 109 Å². The minimum atomic E-state index is 0.920. The van der Waals surface area contributed by atoms with Gasteiger partial charge in [-0.3, -0.25) is 0 Å². The first-order valence-corrected chi connectivity index (χ1v) is 9.22. The van der Waals surface area contributed by atoms with Crippen molar-refractivity contribution in [3.8, 4) is 23.7 Å². The molecule has 130 valence electrons. The van der Waals surface area contributed by atoms with Crippen LogP contribution in [0.25, 0.3) is 16.3 Å². The van der Waals surface area contributed by atoms with E-state index in [9.17, 15) is 0 Å². The highest BCUT2D eigenvalue weighted by molar-refractivity contribution is 5.98. The summed E-state index contributed by atoms with van der Waals surface area (Å²) < 4.78 is 0. The molecule has 0 aliphatic heterocycles. The maximum atomic E-state index is 3.34. The second-order valence-electron chi connectivity index (χ2n) is 6.34. The van der Waals surface area contributed by atoms with Crippen molar-refractivity contribution in [1.82, 2.24) is 0 Å². The van der Waals surface area contributed by atoms with Gasteiger partial charge in [-0.2, -0.15) is 0 Å². The molecule has 28 heavy (non-hydrogen) atoms. The summed E-state index contributed by atoms with van der Waals surface area (Å²) in [5.74, 6) is 13.0. The number of fused-ring (bicyclic) bond motifs is 1. The fourth-order valence-corrected chi connectivity index (χ4v) is 3.02. The van der Waals surface area contributed by atoms with Gasteiger partial charge in [0.1, 0.15) is 0 Å². The molecule has 0 heteroatoms. The summed E-state index contributed by atoms with van der Waals surface area (Å²) in [4.78, 5) is 0. The van der Waals surface area contributed by atoms with Crippen LogP contribution in [0.4, 0.5) is 0 Å². The lowest BCUT2D eigenvalue weighted by atomic mass is 9.98.